The van der Waals surface area contributed by atoms with Crippen LogP contribution >= 0.6 is 11.6 Å². The predicted molar refractivity (Wildman–Crippen MR) is 121 cm³/mol. The minimum Gasteiger partial charge on any atom is -0.327 e. The first-order chi connectivity index (χ1) is 14.7. The largest absolute Gasteiger partial charge is 0.327 e. The maximum absolute atomic E-state index is 12.8. The lowest BCUT2D eigenvalue weighted by Gasteiger charge is -2.18. The molecule has 0 radical (unpaired) electrons. The van der Waals surface area contributed by atoms with Crippen molar-refractivity contribution < 1.29 is 4.79 Å². The molecule has 0 aliphatic carbocycles. The number of para-hydroxylation sites is 3. The summed E-state index contributed by atoms with van der Waals surface area (Å²) in [5, 5.41) is 0.601. The Morgan fingerprint density at radius 2 is 1.67 bits per heavy atom. The maximum atomic E-state index is 12.8. The predicted octanol–water partition coefficient (Wildman–Crippen LogP) is 5.45. The molecule has 0 N–H and O–H groups in total. The van der Waals surface area contributed by atoms with Crippen LogP contribution in [-0.2, 0) is 17.8 Å². The Morgan fingerprint density at radius 3 is 2.50 bits per heavy atom. The monoisotopic (exact) mass is 415 g/mol. The third kappa shape index (κ3) is 3.48. The van der Waals surface area contributed by atoms with Crippen LogP contribution in [0.25, 0.3) is 11.0 Å². The summed E-state index contributed by atoms with van der Waals surface area (Å²) in [7, 11) is 0. The molecule has 1 fully saturated rings. The number of hydrogen-bond acceptors (Lipinski definition) is 2. The molecule has 1 aliphatic rings. The molecule has 0 saturated carbocycles. The minimum atomic E-state index is 0.0388. The second-order valence-corrected chi connectivity index (χ2v) is 8.11. The zero-order valence-electron chi connectivity index (χ0n) is 16.5. The van der Waals surface area contributed by atoms with Crippen molar-refractivity contribution in [3.63, 3.8) is 0 Å². The molecule has 4 nitrogen and oxygen atoms in total. The van der Waals surface area contributed by atoms with E-state index in [0.717, 1.165) is 35.5 Å². The molecule has 30 heavy (non-hydrogen) atoms. The van der Waals surface area contributed by atoms with Crippen molar-refractivity contribution in [2.24, 2.45) is 0 Å². The summed E-state index contributed by atoms with van der Waals surface area (Å²) in [5.74, 6) is 1.11. The van der Waals surface area contributed by atoms with E-state index < -0.39 is 0 Å². The third-order valence-corrected chi connectivity index (χ3v) is 6.10. The number of nitrogens with zero attached hydrogens (tertiary/aromatic N) is 3. The molecule has 1 saturated heterocycles. The van der Waals surface area contributed by atoms with E-state index in [4.69, 9.17) is 16.6 Å². The van der Waals surface area contributed by atoms with Crippen LogP contribution in [0, 0.1) is 0 Å². The van der Waals surface area contributed by atoms with Crippen molar-refractivity contribution in [3.8, 4) is 0 Å². The van der Waals surface area contributed by atoms with Crippen LogP contribution < -0.4 is 4.90 Å². The fraction of sp³-hybridized carbons (Fsp3) is 0.200. The smallest absolute Gasteiger partial charge is 0.227 e. The van der Waals surface area contributed by atoms with Crippen molar-refractivity contribution in [2.75, 3.05) is 11.4 Å². The average molecular weight is 416 g/mol. The zero-order chi connectivity index (χ0) is 20.5. The van der Waals surface area contributed by atoms with E-state index in [1.807, 2.05) is 48.5 Å². The summed E-state index contributed by atoms with van der Waals surface area (Å²) in [5.41, 5.74) is 4.16. The molecule has 1 aromatic heterocycles. The molecule has 5 heteroatoms. The number of amides is 1. The fourth-order valence-electron chi connectivity index (χ4n) is 4.31. The number of carbonyl (C=O) groups excluding carboxylic acids is 1. The van der Waals surface area contributed by atoms with E-state index in [-0.39, 0.29) is 11.8 Å². The van der Waals surface area contributed by atoms with Crippen molar-refractivity contribution in [1.82, 2.24) is 9.55 Å². The van der Waals surface area contributed by atoms with Gasteiger partial charge in [0.05, 0.1) is 21.7 Å². The molecule has 1 aliphatic heterocycles. The Balaban J connectivity index is 1.48. The molecule has 0 spiro atoms. The summed E-state index contributed by atoms with van der Waals surface area (Å²) in [4.78, 5) is 19.6. The summed E-state index contributed by atoms with van der Waals surface area (Å²) in [6, 6.07) is 26.2. The molecule has 2 heterocycles. The number of rotatable bonds is 5. The Bertz CT molecular complexity index is 1200. The zero-order valence-corrected chi connectivity index (χ0v) is 17.3. The Labute approximate surface area is 180 Å². The SMILES string of the molecule is O=C1CC(c2nc3ccccc3n2CCc2ccccc2)CN1c1ccccc1Cl. The topological polar surface area (TPSA) is 38.1 Å². The number of aromatic nitrogens is 2. The number of fused-ring (bicyclic) bond motifs is 1. The number of hydrogen-bond donors (Lipinski definition) is 0. The maximum Gasteiger partial charge on any atom is 0.227 e. The van der Waals surface area contributed by atoms with Gasteiger partial charge in [0.2, 0.25) is 5.91 Å². The standard InChI is InChI=1S/C25H22ClN3O/c26-20-10-4-6-12-22(20)29-17-19(16-24(29)30)25-27-21-11-5-7-13-23(21)28(25)15-14-18-8-2-1-3-9-18/h1-13,19H,14-17H2. The first-order valence-corrected chi connectivity index (χ1v) is 10.6. The van der Waals surface area contributed by atoms with E-state index in [1.54, 1.807) is 4.90 Å². The molecule has 0 bridgehead atoms. The van der Waals surface area contributed by atoms with Crippen LogP contribution in [0.1, 0.15) is 23.7 Å². The van der Waals surface area contributed by atoms with E-state index in [1.165, 1.54) is 5.56 Å². The van der Waals surface area contributed by atoms with Crippen LogP contribution in [0.4, 0.5) is 5.69 Å². The summed E-state index contributed by atoms with van der Waals surface area (Å²) >= 11 is 6.36. The van der Waals surface area contributed by atoms with E-state index in [9.17, 15) is 4.79 Å². The summed E-state index contributed by atoms with van der Waals surface area (Å²) in [6.45, 7) is 1.42. The highest BCUT2D eigenvalue weighted by atomic mass is 35.5. The summed E-state index contributed by atoms with van der Waals surface area (Å²) in [6.07, 6.45) is 1.36. The van der Waals surface area contributed by atoms with Gasteiger partial charge in [-0.1, -0.05) is 66.2 Å². The van der Waals surface area contributed by atoms with Crippen LogP contribution in [0.3, 0.4) is 0 Å². The van der Waals surface area contributed by atoms with Crippen LogP contribution in [0.15, 0.2) is 78.9 Å². The van der Waals surface area contributed by atoms with Gasteiger partial charge < -0.3 is 9.47 Å². The van der Waals surface area contributed by atoms with Gasteiger partial charge in [0.1, 0.15) is 5.82 Å². The molecule has 1 atom stereocenters. The third-order valence-electron chi connectivity index (χ3n) is 5.78. The Kier molecular flexibility index (Phi) is 5.01. The van der Waals surface area contributed by atoms with Crippen molar-refractivity contribution in [2.45, 2.75) is 25.3 Å². The van der Waals surface area contributed by atoms with Gasteiger partial charge in [-0.05, 0) is 36.2 Å². The molecule has 3 aromatic carbocycles. The normalized spacial score (nSPS) is 16.5. The van der Waals surface area contributed by atoms with Crippen LogP contribution in [-0.4, -0.2) is 22.0 Å². The molecule has 1 unspecified atom stereocenters. The average Bonchev–Trinajstić information content (AvgIpc) is 3.34. The van der Waals surface area contributed by atoms with Crippen LogP contribution in [0.5, 0.6) is 0 Å². The fourth-order valence-corrected chi connectivity index (χ4v) is 4.55. The highest BCUT2D eigenvalue weighted by molar-refractivity contribution is 6.33. The molecule has 4 aromatic rings. The number of benzene rings is 3. The van der Waals surface area contributed by atoms with Gasteiger partial charge >= 0.3 is 0 Å². The second kappa shape index (κ2) is 7.96. The Hall–Kier alpha value is -3.11. The highest BCUT2D eigenvalue weighted by Crippen LogP contribution is 2.36. The van der Waals surface area contributed by atoms with Crippen molar-refractivity contribution >= 4 is 34.2 Å². The lowest BCUT2D eigenvalue weighted by atomic mass is 10.1. The number of halogens is 1. The number of carbonyl (C=O) groups is 1. The highest BCUT2D eigenvalue weighted by Gasteiger charge is 2.35. The van der Waals surface area contributed by atoms with Crippen molar-refractivity contribution in [1.29, 1.82) is 0 Å². The minimum absolute atomic E-state index is 0.0388. The van der Waals surface area contributed by atoms with Crippen molar-refractivity contribution in [3.05, 3.63) is 95.3 Å². The number of anilines is 1. The quantitative estimate of drug-likeness (QED) is 0.434. The van der Waals surface area contributed by atoms with E-state index >= 15 is 0 Å². The van der Waals surface area contributed by atoms with Gasteiger partial charge in [-0.3, -0.25) is 4.79 Å². The van der Waals surface area contributed by atoms with Gasteiger partial charge in [0, 0.05) is 25.4 Å². The number of aryl methyl sites for hydroxylation is 2. The lowest BCUT2D eigenvalue weighted by Crippen LogP contribution is -2.24. The molecule has 150 valence electrons. The molecular weight excluding hydrogens is 394 g/mol. The molecular formula is C25H22ClN3O. The molecule has 5 rings (SSSR count). The van der Waals surface area contributed by atoms with Gasteiger partial charge in [-0.15, -0.1) is 0 Å². The van der Waals surface area contributed by atoms with Gasteiger partial charge in [-0.2, -0.15) is 0 Å². The van der Waals surface area contributed by atoms with Gasteiger partial charge in [0.15, 0.2) is 0 Å². The van der Waals surface area contributed by atoms with Crippen LogP contribution in [0.2, 0.25) is 5.02 Å². The summed E-state index contributed by atoms with van der Waals surface area (Å²) < 4.78 is 2.29. The number of imidazole rings is 1. The molecule has 1 amide bonds. The van der Waals surface area contributed by atoms with E-state index in [2.05, 4.69) is 34.9 Å². The van der Waals surface area contributed by atoms with Gasteiger partial charge in [-0.25, -0.2) is 4.98 Å². The first kappa shape index (κ1) is 18.9. The van der Waals surface area contributed by atoms with E-state index in [0.29, 0.717) is 18.0 Å². The van der Waals surface area contributed by atoms with Gasteiger partial charge in [0.25, 0.3) is 0 Å². The lowest BCUT2D eigenvalue weighted by molar-refractivity contribution is -0.117. The second-order valence-electron chi connectivity index (χ2n) is 7.70. The first-order valence-electron chi connectivity index (χ1n) is 10.2. The Morgan fingerprint density at radius 1 is 0.933 bits per heavy atom.